The van der Waals surface area contributed by atoms with Crippen molar-refractivity contribution in [2.75, 3.05) is 4.72 Å². The minimum absolute atomic E-state index is 0.131. The molecule has 3 aromatic carbocycles. The van der Waals surface area contributed by atoms with Gasteiger partial charge in [0.1, 0.15) is 6.33 Å². The summed E-state index contributed by atoms with van der Waals surface area (Å²) in [7, 11) is -3.79. The van der Waals surface area contributed by atoms with Crippen molar-refractivity contribution in [1.82, 2.24) is 24.8 Å². The number of nitrogens with zero attached hydrogens (tertiary/aromatic N) is 5. The predicted octanol–water partition coefficient (Wildman–Crippen LogP) is 3.59. The average Bonchev–Trinajstić information content (AvgIpc) is 3.40. The molecule has 0 amide bonds. The monoisotopic (exact) mass is 418 g/mol. The summed E-state index contributed by atoms with van der Waals surface area (Å²) in [6.45, 7) is 2.93. The maximum Gasteiger partial charge on any atom is 0.261 e. The second kappa shape index (κ2) is 6.96. The average molecular weight is 418 g/mol. The lowest BCUT2D eigenvalue weighted by Crippen LogP contribution is -2.13. The lowest BCUT2D eigenvalue weighted by Gasteiger charge is -2.10. The number of nitrogens with one attached hydrogen (secondary N) is 1. The molecule has 5 aromatic rings. The van der Waals surface area contributed by atoms with E-state index in [1.807, 2.05) is 24.3 Å². The van der Waals surface area contributed by atoms with Crippen LogP contribution in [-0.2, 0) is 16.6 Å². The summed E-state index contributed by atoms with van der Waals surface area (Å²) in [5, 5.41) is 13.1. The molecule has 30 heavy (non-hydrogen) atoms. The predicted molar refractivity (Wildman–Crippen MR) is 115 cm³/mol. The zero-order valence-corrected chi connectivity index (χ0v) is 16.9. The molecular formula is C21H18N6O2S. The zero-order chi connectivity index (χ0) is 20.7. The van der Waals surface area contributed by atoms with Gasteiger partial charge in [0, 0.05) is 34.0 Å². The normalized spacial score (nSPS) is 11.9. The number of hydrogen-bond donors (Lipinski definition) is 1. The summed E-state index contributed by atoms with van der Waals surface area (Å²) in [5.41, 5.74) is 3.27. The maximum absolute atomic E-state index is 13.0. The first-order valence-corrected chi connectivity index (χ1v) is 10.9. The topological polar surface area (TPSA) is 94.7 Å². The Morgan fingerprint density at radius 2 is 1.77 bits per heavy atom. The highest BCUT2D eigenvalue weighted by Crippen LogP contribution is 2.31. The summed E-state index contributed by atoms with van der Waals surface area (Å²) in [5.74, 6) is 0. The minimum Gasteiger partial charge on any atom is -0.341 e. The van der Waals surface area contributed by atoms with Gasteiger partial charge in [-0.05, 0) is 59.8 Å². The van der Waals surface area contributed by atoms with E-state index in [0.717, 1.165) is 28.4 Å². The first-order valence-electron chi connectivity index (χ1n) is 9.44. The number of para-hydroxylation sites is 1. The fourth-order valence-electron chi connectivity index (χ4n) is 3.74. The highest BCUT2D eigenvalue weighted by molar-refractivity contribution is 7.92. The van der Waals surface area contributed by atoms with Gasteiger partial charge in [-0.25, -0.2) is 13.1 Å². The van der Waals surface area contributed by atoms with Crippen LogP contribution >= 0.6 is 0 Å². The summed E-state index contributed by atoms with van der Waals surface area (Å²) in [4.78, 5) is 0.131. The zero-order valence-electron chi connectivity index (χ0n) is 16.1. The van der Waals surface area contributed by atoms with E-state index in [2.05, 4.69) is 43.9 Å². The van der Waals surface area contributed by atoms with Crippen molar-refractivity contribution >= 4 is 37.5 Å². The molecule has 0 aliphatic carbocycles. The number of aromatic nitrogens is 5. The molecule has 8 nitrogen and oxygen atoms in total. The highest BCUT2D eigenvalue weighted by atomic mass is 32.2. The Hall–Kier alpha value is -3.72. The van der Waals surface area contributed by atoms with E-state index in [1.165, 1.54) is 23.1 Å². The Kier molecular flexibility index (Phi) is 4.25. The fraction of sp³-hybridized carbons (Fsp3) is 0.0952. The van der Waals surface area contributed by atoms with Crippen molar-refractivity contribution in [3.8, 4) is 5.69 Å². The third-order valence-electron chi connectivity index (χ3n) is 5.08. The van der Waals surface area contributed by atoms with Gasteiger partial charge in [0.15, 0.2) is 0 Å². The van der Waals surface area contributed by atoms with E-state index in [9.17, 15) is 8.42 Å². The molecule has 150 valence electrons. The molecule has 2 aromatic heterocycles. The van der Waals surface area contributed by atoms with E-state index >= 15 is 0 Å². The van der Waals surface area contributed by atoms with Crippen LogP contribution in [-0.4, -0.2) is 33.2 Å². The Bertz CT molecular complexity index is 1470. The van der Waals surface area contributed by atoms with Gasteiger partial charge in [-0.3, -0.25) is 4.72 Å². The second-order valence-corrected chi connectivity index (χ2v) is 8.53. The molecule has 0 aliphatic rings. The van der Waals surface area contributed by atoms with E-state index in [0.29, 0.717) is 11.4 Å². The molecular weight excluding hydrogens is 400 g/mol. The standard InChI is InChI=1S/C21H18N6O2S/c1-2-26-20-9-4-3-8-18(20)19-12-15(10-11-21(19)26)23-30(28,29)17-7-5-6-16(13-17)27-14-22-24-25-27/h3-14,23H,2H2,1H3. The van der Waals surface area contributed by atoms with Gasteiger partial charge >= 0.3 is 0 Å². The van der Waals surface area contributed by atoms with Gasteiger partial charge < -0.3 is 4.57 Å². The van der Waals surface area contributed by atoms with Crippen molar-refractivity contribution in [1.29, 1.82) is 0 Å². The van der Waals surface area contributed by atoms with Crippen LogP contribution in [0.25, 0.3) is 27.5 Å². The van der Waals surface area contributed by atoms with E-state index in [1.54, 1.807) is 18.2 Å². The molecule has 0 radical (unpaired) electrons. The van der Waals surface area contributed by atoms with Crippen LogP contribution < -0.4 is 4.72 Å². The van der Waals surface area contributed by atoms with Crippen LogP contribution in [0.2, 0.25) is 0 Å². The number of fused-ring (bicyclic) bond motifs is 3. The van der Waals surface area contributed by atoms with Gasteiger partial charge in [-0.15, -0.1) is 5.10 Å². The van der Waals surface area contributed by atoms with E-state index in [4.69, 9.17) is 0 Å². The third kappa shape index (κ3) is 3.00. The van der Waals surface area contributed by atoms with Crippen LogP contribution in [0, 0.1) is 0 Å². The smallest absolute Gasteiger partial charge is 0.261 e. The number of hydrogen-bond acceptors (Lipinski definition) is 5. The summed E-state index contributed by atoms with van der Waals surface area (Å²) >= 11 is 0. The molecule has 2 heterocycles. The van der Waals surface area contributed by atoms with Crippen molar-refractivity contribution in [3.05, 3.63) is 73.1 Å². The summed E-state index contributed by atoms with van der Waals surface area (Å²) in [6.07, 6.45) is 1.41. The Labute approximate surface area is 172 Å². The molecule has 5 rings (SSSR count). The Balaban J connectivity index is 1.55. The van der Waals surface area contributed by atoms with Crippen LogP contribution in [0.15, 0.2) is 78.0 Å². The molecule has 0 bridgehead atoms. The first-order chi connectivity index (χ1) is 14.6. The Morgan fingerprint density at radius 1 is 0.933 bits per heavy atom. The van der Waals surface area contributed by atoms with Gasteiger partial charge in [0.2, 0.25) is 0 Å². The molecule has 0 fully saturated rings. The van der Waals surface area contributed by atoms with Crippen LogP contribution in [0.3, 0.4) is 0 Å². The molecule has 0 aliphatic heterocycles. The van der Waals surface area contributed by atoms with Gasteiger partial charge in [-0.1, -0.05) is 24.3 Å². The van der Waals surface area contributed by atoms with Crippen LogP contribution in [0.4, 0.5) is 5.69 Å². The molecule has 0 spiro atoms. The number of aryl methyl sites for hydroxylation is 1. The molecule has 0 saturated carbocycles. The number of anilines is 1. The van der Waals surface area contributed by atoms with Gasteiger partial charge in [0.05, 0.1) is 10.6 Å². The largest absolute Gasteiger partial charge is 0.341 e. The van der Waals surface area contributed by atoms with Crippen molar-refractivity contribution in [2.24, 2.45) is 0 Å². The Morgan fingerprint density at radius 3 is 2.57 bits per heavy atom. The number of benzene rings is 3. The quantitative estimate of drug-likeness (QED) is 0.471. The van der Waals surface area contributed by atoms with Crippen LogP contribution in [0.1, 0.15) is 6.92 Å². The second-order valence-electron chi connectivity index (χ2n) is 6.85. The number of rotatable bonds is 5. The molecule has 0 saturated heterocycles. The van der Waals surface area contributed by atoms with E-state index in [-0.39, 0.29) is 4.90 Å². The van der Waals surface area contributed by atoms with Crippen molar-refractivity contribution < 1.29 is 8.42 Å². The summed E-state index contributed by atoms with van der Waals surface area (Å²) < 4.78 is 32.3. The molecule has 9 heteroatoms. The van der Waals surface area contributed by atoms with Gasteiger partial charge in [-0.2, -0.15) is 0 Å². The maximum atomic E-state index is 13.0. The number of sulfonamides is 1. The lowest BCUT2D eigenvalue weighted by atomic mass is 10.1. The fourth-order valence-corrected chi connectivity index (χ4v) is 4.83. The SMILES string of the molecule is CCn1c2ccccc2c2cc(NS(=O)(=O)c3cccc(-n4cnnn4)c3)ccc21. The highest BCUT2D eigenvalue weighted by Gasteiger charge is 2.17. The number of tetrazole rings is 1. The van der Waals surface area contributed by atoms with Crippen LogP contribution in [0.5, 0.6) is 0 Å². The first kappa shape index (κ1) is 18.3. The molecule has 0 unspecified atom stereocenters. The summed E-state index contributed by atoms with van der Waals surface area (Å²) in [6, 6.07) is 20.2. The van der Waals surface area contributed by atoms with Crippen molar-refractivity contribution in [2.45, 2.75) is 18.4 Å². The molecule has 1 N–H and O–H groups in total. The van der Waals surface area contributed by atoms with E-state index < -0.39 is 10.0 Å². The van der Waals surface area contributed by atoms with Crippen molar-refractivity contribution in [3.63, 3.8) is 0 Å². The third-order valence-corrected chi connectivity index (χ3v) is 6.46. The minimum atomic E-state index is -3.79. The van der Waals surface area contributed by atoms with Gasteiger partial charge in [0.25, 0.3) is 10.0 Å². The lowest BCUT2D eigenvalue weighted by molar-refractivity contribution is 0.601. The molecule has 0 atom stereocenters.